The molecule has 0 atom stereocenters. The van der Waals surface area contributed by atoms with E-state index in [1.165, 1.54) is 75.6 Å². The average Bonchev–Trinajstić information content (AvgIpc) is 2.67. The molecule has 0 aliphatic carbocycles. The van der Waals surface area contributed by atoms with Crippen LogP contribution < -0.4 is 10.9 Å². The van der Waals surface area contributed by atoms with Crippen molar-refractivity contribution in [2.24, 2.45) is 5.14 Å². The molecule has 0 aliphatic rings. The molecule has 164 valence electrons. The van der Waals surface area contributed by atoms with Gasteiger partial charge in [-0.1, -0.05) is 53.4 Å². The molecule has 0 spiro atoms. The van der Waals surface area contributed by atoms with Crippen molar-refractivity contribution in [3.05, 3.63) is 24.3 Å². The molecule has 0 heterocycles. The van der Waals surface area contributed by atoms with Crippen molar-refractivity contribution in [3.63, 3.8) is 0 Å². The van der Waals surface area contributed by atoms with Crippen molar-refractivity contribution >= 4 is 23.0 Å². The van der Waals surface area contributed by atoms with Gasteiger partial charge in [-0.2, -0.15) is 0 Å². The number of nitrogens with two attached hydrogens (primary N) is 2. The monoisotopic (exact) mass is 431 g/mol. The zero-order valence-electron chi connectivity index (χ0n) is 18.6. The van der Waals surface area contributed by atoms with Crippen molar-refractivity contribution in [2.75, 3.05) is 30.4 Å². The number of unbranched alkanes of at least 4 members (excludes halogenated alkanes) is 4. The molecule has 1 aromatic rings. The van der Waals surface area contributed by atoms with E-state index < -0.39 is 17.3 Å². The fourth-order valence-corrected chi connectivity index (χ4v) is 9.11. The normalized spacial score (nSPS) is 11.8. The Bertz CT molecular complexity index is 566. The lowest BCUT2D eigenvalue weighted by Crippen LogP contribution is -2.12. The third-order valence-electron chi connectivity index (χ3n) is 5.15. The van der Waals surface area contributed by atoms with Crippen molar-refractivity contribution < 1.29 is 8.42 Å². The van der Waals surface area contributed by atoms with Gasteiger partial charge in [0.05, 0.1) is 29.5 Å². The SMILES string of the molecule is CCCC[P+](CCCC)(CCCC)CCCC.Nc1ccc(S(N)(=O)=O)cc1. The first kappa shape index (κ1) is 27.4. The molecule has 1 aromatic carbocycles. The fraction of sp³-hybridized carbons (Fsp3) is 0.727. The van der Waals surface area contributed by atoms with E-state index >= 15 is 0 Å². The van der Waals surface area contributed by atoms with Gasteiger partial charge in [0.1, 0.15) is 0 Å². The first-order valence-corrected chi connectivity index (χ1v) is 15.1. The molecule has 0 amide bonds. The standard InChI is InChI=1S/C16H36P.C6H8N2O2S/c1-5-9-13-17(14-10-6-2,15-11-7-3)16-12-8-4;7-5-1-3-6(4-2-5)11(8,9)10/h5-16H2,1-4H3;1-4H,7H2,(H2,8,9,10)/q+1;. The summed E-state index contributed by atoms with van der Waals surface area (Å²) in [6.45, 7) is 9.42. The molecule has 0 unspecified atom stereocenters. The van der Waals surface area contributed by atoms with E-state index in [-0.39, 0.29) is 4.90 Å². The summed E-state index contributed by atoms with van der Waals surface area (Å²) in [6.07, 6.45) is 17.9. The third-order valence-corrected chi connectivity index (χ3v) is 11.1. The number of benzene rings is 1. The molecule has 0 saturated heterocycles. The number of hydrogen-bond donors (Lipinski definition) is 2. The Balaban J connectivity index is 0.000000567. The highest BCUT2D eigenvalue weighted by Crippen LogP contribution is 2.61. The maximum Gasteiger partial charge on any atom is 0.238 e. The van der Waals surface area contributed by atoms with E-state index in [0.29, 0.717) is 5.69 Å². The number of sulfonamides is 1. The van der Waals surface area contributed by atoms with Crippen LogP contribution in [0.2, 0.25) is 0 Å². The molecule has 28 heavy (non-hydrogen) atoms. The molecule has 0 bridgehead atoms. The topological polar surface area (TPSA) is 86.2 Å². The Morgan fingerprint density at radius 1 is 0.714 bits per heavy atom. The molecule has 6 heteroatoms. The Morgan fingerprint density at radius 2 is 1.04 bits per heavy atom. The zero-order valence-corrected chi connectivity index (χ0v) is 20.3. The summed E-state index contributed by atoms with van der Waals surface area (Å²) in [5, 5.41) is 4.84. The Kier molecular flexibility index (Phi) is 14.9. The highest BCUT2D eigenvalue weighted by Gasteiger charge is 2.34. The van der Waals surface area contributed by atoms with E-state index in [2.05, 4.69) is 27.7 Å². The van der Waals surface area contributed by atoms with E-state index in [4.69, 9.17) is 10.9 Å². The van der Waals surface area contributed by atoms with E-state index in [9.17, 15) is 8.42 Å². The molecule has 0 aliphatic heterocycles. The zero-order chi connectivity index (χ0) is 21.5. The van der Waals surface area contributed by atoms with Crippen LogP contribution in [-0.4, -0.2) is 33.1 Å². The van der Waals surface area contributed by atoms with Crippen molar-refractivity contribution in [3.8, 4) is 0 Å². The first-order chi connectivity index (χ1) is 13.2. The van der Waals surface area contributed by atoms with E-state index in [0.717, 1.165) is 0 Å². The lowest BCUT2D eigenvalue weighted by Gasteiger charge is -2.28. The summed E-state index contributed by atoms with van der Waals surface area (Å²) in [7, 11) is -4.14. The van der Waals surface area contributed by atoms with Crippen LogP contribution in [0, 0.1) is 0 Å². The van der Waals surface area contributed by atoms with Crippen LogP contribution in [0.25, 0.3) is 0 Å². The highest BCUT2D eigenvalue weighted by molar-refractivity contribution is 7.89. The van der Waals surface area contributed by atoms with Crippen molar-refractivity contribution in [2.45, 2.75) is 84.0 Å². The van der Waals surface area contributed by atoms with Gasteiger partial charge in [-0.25, -0.2) is 13.6 Å². The number of rotatable bonds is 13. The van der Waals surface area contributed by atoms with Crippen LogP contribution in [0.15, 0.2) is 29.2 Å². The van der Waals surface area contributed by atoms with Gasteiger partial charge in [0.2, 0.25) is 10.0 Å². The number of primary sulfonamides is 1. The van der Waals surface area contributed by atoms with E-state index in [1.807, 2.05) is 0 Å². The lowest BCUT2D eigenvalue weighted by molar-refractivity contribution is 0.598. The van der Waals surface area contributed by atoms with Gasteiger partial charge < -0.3 is 5.73 Å². The summed E-state index contributed by atoms with van der Waals surface area (Å²) in [6, 6.07) is 5.70. The van der Waals surface area contributed by atoms with Crippen molar-refractivity contribution in [1.82, 2.24) is 0 Å². The smallest absolute Gasteiger partial charge is 0.238 e. The Labute approximate surface area is 175 Å². The molecule has 4 N–H and O–H groups in total. The molecule has 1 rings (SSSR count). The van der Waals surface area contributed by atoms with Gasteiger partial charge in [0.15, 0.2) is 0 Å². The van der Waals surface area contributed by atoms with Gasteiger partial charge in [-0.15, -0.1) is 0 Å². The van der Waals surface area contributed by atoms with Gasteiger partial charge in [0.25, 0.3) is 0 Å². The quantitative estimate of drug-likeness (QED) is 0.291. The van der Waals surface area contributed by atoms with Gasteiger partial charge in [-0.05, 0) is 49.9 Å². The second kappa shape index (κ2) is 15.2. The Morgan fingerprint density at radius 3 is 1.29 bits per heavy atom. The summed E-state index contributed by atoms with van der Waals surface area (Å²) < 4.78 is 21.4. The van der Waals surface area contributed by atoms with Crippen LogP contribution in [0.4, 0.5) is 5.69 Å². The summed E-state index contributed by atoms with van der Waals surface area (Å²) in [5.74, 6) is 0. The maximum atomic E-state index is 10.7. The minimum Gasteiger partial charge on any atom is -0.399 e. The summed E-state index contributed by atoms with van der Waals surface area (Å²) >= 11 is 0. The fourth-order valence-electron chi connectivity index (χ4n) is 3.30. The minimum absolute atomic E-state index is 0.0756. The number of hydrogen-bond acceptors (Lipinski definition) is 3. The van der Waals surface area contributed by atoms with Crippen LogP contribution in [0.1, 0.15) is 79.1 Å². The Hall–Kier alpha value is -0.640. The molecule has 0 aromatic heterocycles. The minimum atomic E-state index is -3.58. The second-order valence-electron chi connectivity index (χ2n) is 7.76. The highest BCUT2D eigenvalue weighted by atomic mass is 32.2. The van der Waals surface area contributed by atoms with E-state index in [1.54, 1.807) is 24.6 Å². The first-order valence-electron chi connectivity index (χ1n) is 11.0. The lowest BCUT2D eigenvalue weighted by atomic mass is 10.3. The average molecular weight is 432 g/mol. The molecule has 0 fully saturated rings. The molecular weight excluding hydrogens is 387 g/mol. The molecular formula is C22H44N2O2PS+. The number of anilines is 1. The predicted molar refractivity (Wildman–Crippen MR) is 128 cm³/mol. The summed E-state index contributed by atoms with van der Waals surface area (Å²) in [5.41, 5.74) is 5.85. The maximum absolute atomic E-state index is 10.7. The van der Waals surface area contributed by atoms with Gasteiger partial charge in [0, 0.05) is 12.9 Å². The van der Waals surface area contributed by atoms with Crippen LogP contribution in [0.5, 0.6) is 0 Å². The predicted octanol–water partition coefficient (Wildman–Crippen LogP) is 6.12. The molecule has 0 saturated carbocycles. The molecule has 0 radical (unpaired) electrons. The largest absolute Gasteiger partial charge is 0.399 e. The van der Waals surface area contributed by atoms with Crippen LogP contribution in [-0.2, 0) is 10.0 Å². The van der Waals surface area contributed by atoms with Crippen molar-refractivity contribution in [1.29, 1.82) is 0 Å². The summed E-state index contributed by atoms with van der Waals surface area (Å²) in [4.78, 5) is 0.0756. The third kappa shape index (κ3) is 12.0. The van der Waals surface area contributed by atoms with Crippen LogP contribution in [0.3, 0.4) is 0 Å². The second-order valence-corrected chi connectivity index (χ2v) is 13.8. The number of nitrogen functional groups attached to an aromatic ring is 1. The van der Waals surface area contributed by atoms with Crippen LogP contribution >= 0.6 is 7.26 Å². The van der Waals surface area contributed by atoms with Gasteiger partial charge >= 0.3 is 0 Å². The van der Waals surface area contributed by atoms with Gasteiger partial charge in [-0.3, -0.25) is 0 Å². The molecule has 4 nitrogen and oxygen atoms in total.